The zero-order valence-electron chi connectivity index (χ0n) is 14.3. The first-order chi connectivity index (χ1) is 13.0. The van der Waals surface area contributed by atoms with E-state index in [4.69, 9.17) is 4.52 Å². The van der Waals surface area contributed by atoms with Gasteiger partial charge in [-0.15, -0.1) is 5.10 Å². The quantitative estimate of drug-likeness (QED) is 0.565. The monoisotopic (exact) mass is 394 g/mol. The van der Waals surface area contributed by atoms with Crippen LogP contribution in [-0.2, 0) is 23.4 Å². The molecule has 3 rings (SSSR count). The molecule has 0 aliphatic heterocycles. The topological polar surface area (TPSA) is 110 Å². The van der Waals surface area contributed by atoms with Crippen LogP contribution >= 0.6 is 11.8 Å². The average molecular weight is 394 g/mol. The van der Waals surface area contributed by atoms with E-state index in [2.05, 4.69) is 30.6 Å². The van der Waals surface area contributed by atoms with Crippen molar-refractivity contribution in [2.75, 3.05) is 5.32 Å². The van der Waals surface area contributed by atoms with E-state index >= 15 is 0 Å². The lowest BCUT2D eigenvalue weighted by atomic mass is 10.2. The lowest BCUT2D eigenvalue weighted by molar-refractivity contribution is -0.116. The highest BCUT2D eigenvalue weighted by molar-refractivity contribution is 7.98. The number of aromatic amines is 1. The number of nitrogens with zero attached hydrogens (tertiary/aromatic N) is 4. The maximum Gasteiger partial charge on any atom is 0.227 e. The lowest BCUT2D eigenvalue weighted by Crippen LogP contribution is -2.14. The number of aryl methyl sites for hydroxylation is 2. The summed E-state index contributed by atoms with van der Waals surface area (Å²) in [5, 5.41) is 13.5. The number of hydrogen-bond donors (Lipinski definition) is 2. The highest BCUT2D eigenvalue weighted by Gasteiger charge is 2.14. The molecule has 0 unspecified atom stereocenters. The molecule has 0 fully saturated rings. The summed E-state index contributed by atoms with van der Waals surface area (Å²) in [7, 11) is 0. The van der Waals surface area contributed by atoms with Gasteiger partial charge in [0.2, 0.25) is 17.0 Å². The molecular weight excluding hydrogens is 378 g/mol. The number of thioether (sulfide) groups is 1. The van der Waals surface area contributed by atoms with E-state index in [1.165, 1.54) is 17.8 Å². The molecule has 0 spiro atoms. The summed E-state index contributed by atoms with van der Waals surface area (Å²) >= 11 is 1.35. The van der Waals surface area contributed by atoms with Crippen LogP contribution in [0.25, 0.3) is 0 Å². The summed E-state index contributed by atoms with van der Waals surface area (Å²) in [5.41, 5.74) is -0.469. The van der Waals surface area contributed by atoms with Crippen LogP contribution in [-0.4, -0.2) is 31.2 Å². The van der Waals surface area contributed by atoms with Crippen molar-refractivity contribution in [2.24, 2.45) is 0 Å². The van der Waals surface area contributed by atoms with Crippen molar-refractivity contribution in [3.63, 3.8) is 0 Å². The van der Waals surface area contributed by atoms with Crippen molar-refractivity contribution in [3.05, 3.63) is 47.4 Å². The van der Waals surface area contributed by atoms with Gasteiger partial charge in [-0.2, -0.15) is 4.98 Å². The second kappa shape index (κ2) is 8.71. The van der Waals surface area contributed by atoms with E-state index in [-0.39, 0.29) is 18.7 Å². The molecule has 0 aliphatic carbocycles. The van der Waals surface area contributed by atoms with Crippen LogP contribution in [0.2, 0.25) is 0 Å². The fraction of sp³-hybridized carbons (Fsp3) is 0.312. The molecule has 2 aromatic heterocycles. The number of carbonyl (C=O) groups is 1. The standard InChI is InChI=1S/C16H16F2N6O2S/c1-2-11-20-16(23-22-11)27-8-12-19-14(26-24-12)7-6-13(25)21-15-9(17)4-3-5-10(15)18/h3-5H,2,6-8H2,1H3,(H,21,25)(H,20,22,23). The van der Waals surface area contributed by atoms with Crippen molar-refractivity contribution >= 4 is 23.4 Å². The average Bonchev–Trinajstić information content (AvgIpc) is 3.30. The Morgan fingerprint density at radius 1 is 1.30 bits per heavy atom. The second-order valence-electron chi connectivity index (χ2n) is 5.46. The Labute approximate surface area is 157 Å². The number of halogens is 2. The summed E-state index contributed by atoms with van der Waals surface area (Å²) in [4.78, 5) is 20.3. The molecule has 8 nitrogen and oxygen atoms in total. The van der Waals surface area contributed by atoms with Crippen LogP contribution in [0.15, 0.2) is 27.9 Å². The van der Waals surface area contributed by atoms with E-state index in [0.717, 1.165) is 24.4 Å². The molecule has 0 bridgehead atoms. The minimum absolute atomic E-state index is 0.0522. The predicted octanol–water partition coefficient (Wildman–Crippen LogP) is 2.89. The van der Waals surface area contributed by atoms with Gasteiger partial charge in [0.25, 0.3) is 0 Å². The van der Waals surface area contributed by atoms with Crippen LogP contribution in [0, 0.1) is 11.6 Å². The van der Waals surface area contributed by atoms with Gasteiger partial charge in [0.15, 0.2) is 5.82 Å². The Morgan fingerprint density at radius 2 is 2.07 bits per heavy atom. The number of amides is 1. The zero-order chi connectivity index (χ0) is 19.2. The van der Waals surface area contributed by atoms with Crippen molar-refractivity contribution < 1.29 is 18.1 Å². The molecule has 0 atom stereocenters. The Kier molecular flexibility index (Phi) is 6.12. The van der Waals surface area contributed by atoms with Crippen LogP contribution in [0.3, 0.4) is 0 Å². The molecule has 0 saturated carbocycles. The molecule has 3 aromatic rings. The molecular formula is C16H16F2N6O2S. The molecule has 2 N–H and O–H groups in total. The molecule has 0 radical (unpaired) electrons. The molecule has 27 heavy (non-hydrogen) atoms. The van der Waals surface area contributed by atoms with E-state index in [1.54, 1.807) is 0 Å². The summed E-state index contributed by atoms with van der Waals surface area (Å²) in [5.74, 6) is -0.309. The highest BCUT2D eigenvalue weighted by atomic mass is 32.2. The van der Waals surface area contributed by atoms with Crippen LogP contribution in [0.5, 0.6) is 0 Å². The molecule has 1 aromatic carbocycles. The van der Waals surface area contributed by atoms with Gasteiger partial charge in [0, 0.05) is 19.3 Å². The predicted molar refractivity (Wildman–Crippen MR) is 92.9 cm³/mol. The number of rotatable bonds is 8. The van der Waals surface area contributed by atoms with Gasteiger partial charge in [0.1, 0.15) is 23.1 Å². The second-order valence-corrected chi connectivity index (χ2v) is 6.40. The van der Waals surface area contributed by atoms with Gasteiger partial charge in [0.05, 0.1) is 5.75 Å². The third-order valence-electron chi connectivity index (χ3n) is 3.48. The Hall–Kier alpha value is -2.82. The SMILES string of the molecule is CCc1nc(SCc2noc(CCC(=O)Nc3c(F)cccc3F)n2)n[nH]1. The lowest BCUT2D eigenvalue weighted by Gasteiger charge is -2.06. The zero-order valence-corrected chi connectivity index (χ0v) is 15.1. The number of H-pyrrole nitrogens is 1. The summed E-state index contributed by atoms with van der Waals surface area (Å²) in [6.45, 7) is 1.97. The van der Waals surface area contributed by atoms with Gasteiger partial charge in [-0.25, -0.2) is 13.8 Å². The largest absolute Gasteiger partial charge is 0.339 e. The summed E-state index contributed by atoms with van der Waals surface area (Å²) in [6.07, 6.45) is 0.863. The third-order valence-corrected chi connectivity index (χ3v) is 4.32. The van der Waals surface area contributed by atoms with E-state index in [1.807, 2.05) is 6.92 Å². The van der Waals surface area contributed by atoms with Crippen molar-refractivity contribution in [1.29, 1.82) is 0 Å². The number of hydrogen-bond acceptors (Lipinski definition) is 7. The van der Waals surface area contributed by atoms with Gasteiger partial charge in [-0.1, -0.05) is 29.9 Å². The molecule has 11 heteroatoms. The van der Waals surface area contributed by atoms with Crippen molar-refractivity contribution in [3.8, 4) is 0 Å². The Balaban J connectivity index is 1.48. The first kappa shape index (κ1) is 19.0. The highest BCUT2D eigenvalue weighted by Crippen LogP contribution is 2.19. The van der Waals surface area contributed by atoms with Gasteiger partial charge in [-0.3, -0.25) is 9.89 Å². The maximum atomic E-state index is 13.5. The fourth-order valence-electron chi connectivity index (χ4n) is 2.12. The minimum atomic E-state index is -0.835. The molecule has 2 heterocycles. The third kappa shape index (κ3) is 5.09. The minimum Gasteiger partial charge on any atom is -0.339 e. The molecule has 0 saturated heterocycles. The number of para-hydroxylation sites is 1. The van der Waals surface area contributed by atoms with Gasteiger partial charge in [-0.05, 0) is 12.1 Å². The van der Waals surface area contributed by atoms with Gasteiger partial charge < -0.3 is 9.84 Å². The van der Waals surface area contributed by atoms with E-state index in [0.29, 0.717) is 16.7 Å². The summed E-state index contributed by atoms with van der Waals surface area (Å²) < 4.78 is 32.1. The fourth-order valence-corrected chi connectivity index (χ4v) is 2.78. The van der Waals surface area contributed by atoms with Crippen molar-refractivity contribution in [2.45, 2.75) is 37.1 Å². The Morgan fingerprint density at radius 3 is 2.78 bits per heavy atom. The van der Waals surface area contributed by atoms with Gasteiger partial charge >= 0.3 is 0 Å². The first-order valence-electron chi connectivity index (χ1n) is 8.14. The van der Waals surface area contributed by atoms with E-state index in [9.17, 15) is 13.6 Å². The molecule has 142 valence electrons. The Bertz CT molecular complexity index is 909. The molecule has 1 amide bonds. The first-order valence-corrected chi connectivity index (χ1v) is 9.13. The maximum absolute atomic E-state index is 13.5. The van der Waals surface area contributed by atoms with Crippen LogP contribution in [0.1, 0.15) is 30.9 Å². The van der Waals surface area contributed by atoms with Crippen molar-refractivity contribution in [1.82, 2.24) is 25.3 Å². The van der Waals surface area contributed by atoms with Crippen LogP contribution < -0.4 is 5.32 Å². The summed E-state index contributed by atoms with van der Waals surface area (Å²) in [6, 6.07) is 3.36. The molecule has 0 aliphatic rings. The number of anilines is 1. The van der Waals surface area contributed by atoms with E-state index < -0.39 is 23.2 Å². The number of carbonyl (C=O) groups excluding carboxylic acids is 1. The smallest absolute Gasteiger partial charge is 0.227 e. The normalized spacial score (nSPS) is 10.9. The number of aromatic nitrogens is 5. The number of nitrogens with one attached hydrogen (secondary N) is 2. The number of benzene rings is 1. The van der Waals surface area contributed by atoms with Crippen LogP contribution in [0.4, 0.5) is 14.5 Å².